The van der Waals surface area contributed by atoms with Gasteiger partial charge in [-0.1, -0.05) is 0 Å². The number of rotatable bonds is 1. The topological polar surface area (TPSA) is 62.5 Å². The van der Waals surface area contributed by atoms with Gasteiger partial charge in [-0.2, -0.15) is 0 Å². The first-order chi connectivity index (χ1) is 10.7. The fourth-order valence-corrected chi connectivity index (χ4v) is 2.84. The number of anilines is 2. The maximum atomic E-state index is 6.06. The van der Waals surface area contributed by atoms with Crippen LogP contribution < -0.4 is 16.0 Å². The Hall–Kier alpha value is -2.56. The number of aryl methyl sites for hydroxylation is 1. The Kier molecular flexibility index (Phi) is 2.99. The summed E-state index contributed by atoms with van der Waals surface area (Å²) in [5.41, 5.74) is 5.78. The molecule has 112 valence electrons. The molecule has 0 radical (unpaired) electrons. The predicted molar refractivity (Wildman–Crippen MR) is 88.5 cm³/mol. The van der Waals surface area contributed by atoms with Crippen LogP contribution in [0.25, 0.3) is 22.6 Å². The lowest BCUT2D eigenvalue weighted by Gasteiger charge is -2.20. The Morgan fingerprint density at radius 3 is 2.68 bits per heavy atom. The summed E-state index contributed by atoms with van der Waals surface area (Å²) < 4.78 is 6.06. The molecule has 5 heteroatoms. The van der Waals surface area contributed by atoms with Crippen molar-refractivity contribution in [3.8, 4) is 11.5 Å². The zero-order chi connectivity index (χ0) is 15.1. The molecule has 0 saturated heterocycles. The van der Waals surface area contributed by atoms with E-state index in [0.29, 0.717) is 0 Å². The first-order valence-electron chi connectivity index (χ1n) is 7.62. The van der Waals surface area contributed by atoms with Crippen LogP contribution in [0.3, 0.4) is 0 Å². The van der Waals surface area contributed by atoms with Crippen LogP contribution in [0, 0.1) is 6.92 Å². The molecule has 2 aliphatic heterocycles. The van der Waals surface area contributed by atoms with Crippen LogP contribution in [0.15, 0.2) is 33.7 Å². The van der Waals surface area contributed by atoms with Crippen LogP contribution in [0.1, 0.15) is 12.5 Å². The number of hydrogen-bond acceptors (Lipinski definition) is 5. The molecule has 1 aromatic rings. The van der Waals surface area contributed by atoms with Crippen molar-refractivity contribution in [3.05, 3.63) is 35.2 Å². The van der Waals surface area contributed by atoms with E-state index in [1.165, 1.54) is 0 Å². The summed E-state index contributed by atoms with van der Waals surface area (Å²) in [5, 5.41) is 7.73. The van der Waals surface area contributed by atoms with Crippen molar-refractivity contribution < 1.29 is 4.42 Å². The Morgan fingerprint density at radius 2 is 1.91 bits per heavy atom. The summed E-state index contributed by atoms with van der Waals surface area (Å²) in [5.74, 6) is 0.772. The number of hydrogen-bond donors (Lipinski definition) is 2. The minimum Gasteiger partial charge on any atom is -0.453 e. The van der Waals surface area contributed by atoms with Crippen LogP contribution >= 0.6 is 0 Å². The second-order valence-electron chi connectivity index (χ2n) is 5.51. The number of nitrogens with zero attached hydrogens (tertiary/aromatic N) is 2. The first-order valence-corrected chi connectivity index (χ1v) is 7.62. The van der Waals surface area contributed by atoms with E-state index in [4.69, 9.17) is 9.40 Å². The van der Waals surface area contributed by atoms with Crippen LogP contribution in [0.4, 0.5) is 11.4 Å². The Labute approximate surface area is 128 Å². The summed E-state index contributed by atoms with van der Waals surface area (Å²) in [6, 6.07) is 8.07. The minimum atomic E-state index is 0.760. The minimum absolute atomic E-state index is 0.760. The van der Waals surface area contributed by atoms with Gasteiger partial charge in [-0.15, -0.1) is 0 Å². The SMILES string of the molecule is CCN=c1cc2oc3cc4c(cc3nc-2cc1C)NCCN4. The molecule has 0 atom stereocenters. The second kappa shape index (κ2) is 5.02. The monoisotopic (exact) mass is 294 g/mol. The van der Waals surface area contributed by atoms with Crippen LogP contribution in [-0.4, -0.2) is 24.6 Å². The maximum absolute atomic E-state index is 6.06. The molecule has 1 aliphatic carbocycles. The zero-order valence-corrected chi connectivity index (χ0v) is 12.7. The van der Waals surface area contributed by atoms with Gasteiger partial charge in [-0.25, -0.2) is 4.98 Å². The Bertz CT molecular complexity index is 897. The molecule has 2 N–H and O–H groups in total. The summed E-state index contributed by atoms with van der Waals surface area (Å²) >= 11 is 0. The van der Waals surface area contributed by atoms with Crippen molar-refractivity contribution in [3.63, 3.8) is 0 Å². The maximum Gasteiger partial charge on any atom is 0.155 e. The van der Waals surface area contributed by atoms with Gasteiger partial charge in [0.2, 0.25) is 0 Å². The third kappa shape index (κ3) is 2.09. The lowest BCUT2D eigenvalue weighted by molar-refractivity contribution is 0.612. The van der Waals surface area contributed by atoms with Crippen molar-refractivity contribution in [1.82, 2.24) is 4.98 Å². The molecule has 0 saturated carbocycles. The average Bonchev–Trinajstić information content (AvgIpc) is 2.52. The molecule has 0 spiro atoms. The highest BCUT2D eigenvalue weighted by molar-refractivity contribution is 5.88. The first kappa shape index (κ1) is 13.1. The molecule has 0 amide bonds. The van der Waals surface area contributed by atoms with Gasteiger partial charge < -0.3 is 15.1 Å². The molecular formula is C17H18N4O. The van der Waals surface area contributed by atoms with Crippen LogP contribution in [0.2, 0.25) is 0 Å². The van der Waals surface area contributed by atoms with E-state index in [2.05, 4.69) is 22.5 Å². The Balaban J connectivity index is 1.99. The smallest absolute Gasteiger partial charge is 0.155 e. The summed E-state index contributed by atoms with van der Waals surface area (Å²) in [6.07, 6.45) is 0. The highest BCUT2D eigenvalue weighted by Gasteiger charge is 2.14. The number of aromatic nitrogens is 1. The standard InChI is InChI=1S/C17H18N4O/c1-3-18-11-8-16-14(6-10(11)2)21-15-7-12-13(9-17(15)22-16)20-5-4-19-12/h6-9,19-20H,3-5H2,1-2H3. The normalized spacial score (nSPS) is 14.7. The molecule has 22 heavy (non-hydrogen) atoms. The molecule has 0 bridgehead atoms. The number of fused-ring (bicyclic) bond motifs is 3. The molecular weight excluding hydrogens is 276 g/mol. The van der Waals surface area contributed by atoms with Crippen molar-refractivity contribution in [1.29, 1.82) is 0 Å². The van der Waals surface area contributed by atoms with Gasteiger partial charge in [0.1, 0.15) is 11.2 Å². The lowest BCUT2D eigenvalue weighted by atomic mass is 10.1. The second-order valence-corrected chi connectivity index (χ2v) is 5.51. The van der Waals surface area contributed by atoms with Gasteiger partial charge >= 0.3 is 0 Å². The van der Waals surface area contributed by atoms with Gasteiger partial charge in [0.25, 0.3) is 0 Å². The van der Waals surface area contributed by atoms with Crippen LogP contribution in [-0.2, 0) is 0 Å². The van der Waals surface area contributed by atoms with Crippen molar-refractivity contribution in [2.75, 3.05) is 30.3 Å². The third-order valence-corrected chi connectivity index (χ3v) is 3.92. The van der Waals surface area contributed by atoms with Gasteiger partial charge in [-0.05, 0) is 31.5 Å². The third-order valence-electron chi connectivity index (χ3n) is 3.92. The Morgan fingerprint density at radius 1 is 1.14 bits per heavy atom. The van der Waals surface area contributed by atoms with E-state index < -0.39 is 0 Å². The molecule has 3 aliphatic rings. The highest BCUT2D eigenvalue weighted by atomic mass is 16.3. The fourth-order valence-electron chi connectivity index (χ4n) is 2.84. The number of benzene rings is 2. The van der Waals surface area contributed by atoms with E-state index >= 15 is 0 Å². The average molecular weight is 294 g/mol. The van der Waals surface area contributed by atoms with Gasteiger partial charge in [-0.3, -0.25) is 4.99 Å². The molecule has 0 fully saturated rings. The van der Waals surface area contributed by atoms with Crippen molar-refractivity contribution in [2.24, 2.45) is 4.99 Å². The van der Waals surface area contributed by atoms with Gasteiger partial charge in [0.05, 0.1) is 16.7 Å². The van der Waals surface area contributed by atoms with E-state index in [-0.39, 0.29) is 0 Å². The summed E-state index contributed by atoms with van der Waals surface area (Å²) in [6.45, 7) is 6.68. The number of nitrogens with one attached hydrogen (secondary N) is 2. The molecule has 0 unspecified atom stereocenters. The van der Waals surface area contributed by atoms with Crippen molar-refractivity contribution in [2.45, 2.75) is 13.8 Å². The van der Waals surface area contributed by atoms with E-state index in [0.717, 1.165) is 64.5 Å². The highest BCUT2D eigenvalue weighted by Crippen LogP contribution is 2.32. The summed E-state index contributed by atoms with van der Waals surface area (Å²) in [4.78, 5) is 9.24. The zero-order valence-electron chi connectivity index (χ0n) is 12.7. The van der Waals surface area contributed by atoms with Crippen LogP contribution in [0.5, 0.6) is 0 Å². The summed E-state index contributed by atoms with van der Waals surface area (Å²) in [7, 11) is 0. The molecule has 5 nitrogen and oxygen atoms in total. The van der Waals surface area contributed by atoms with E-state index in [9.17, 15) is 0 Å². The van der Waals surface area contributed by atoms with E-state index in [1.54, 1.807) is 0 Å². The molecule has 0 aromatic heterocycles. The van der Waals surface area contributed by atoms with Gasteiger partial charge in [0, 0.05) is 31.8 Å². The molecule has 2 heterocycles. The lowest BCUT2D eigenvalue weighted by Crippen LogP contribution is -2.20. The van der Waals surface area contributed by atoms with Gasteiger partial charge in [0.15, 0.2) is 11.3 Å². The quantitative estimate of drug-likeness (QED) is 0.677. The molecule has 4 rings (SSSR count). The van der Waals surface area contributed by atoms with Crippen molar-refractivity contribution >= 4 is 22.5 Å². The molecule has 1 aromatic carbocycles. The fraction of sp³-hybridized carbons (Fsp3) is 0.294. The predicted octanol–water partition coefficient (Wildman–Crippen LogP) is 3.00. The largest absolute Gasteiger partial charge is 0.453 e. The van der Waals surface area contributed by atoms with E-state index in [1.807, 2.05) is 31.2 Å².